The van der Waals surface area contributed by atoms with Crippen molar-refractivity contribution in [3.8, 4) is 0 Å². The molecule has 0 aromatic carbocycles. The van der Waals surface area contributed by atoms with Crippen LogP contribution in [0, 0.1) is 23.7 Å². The van der Waals surface area contributed by atoms with Crippen LogP contribution in [-0.2, 0) is 9.53 Å². The summed E-state index contributed by atoms with van der Waals surface area (Å²) in [4.78, 5) is 12.6. The fourth-order valence-corrected chi connectivity index (χ4v) is 6.02. The third-order valence-electron chi connectivity index (χ3n) is 8.16. The molecule has 2 aliphatic rings. The van der Waals surface area contributed by atoms with Gasteiger partial charge in [-0.15, -0.1) is 0 Å². The summed E-state index contributed by atoms with van der Waals surface area (Å²) in [5.41, 5.74) is 0. The highest BCUT2D eigenvalue weighted by Crippen LogP contribution is 2.42. The standard InChI is InChI=1S/C28H52O2/c1-4-6-8-10-12-14-24-15-17-25(18-16-24)26-19-21-27(22-20-26)28(29)30-23(3)13-11-9-7-5-2/h23-27H,4-22H2,1-3H3/t23-,24?,25?,26?,27?/m0/s1. The third kappa shape index (κ3) is 9.73. The van der Waals surface area contributed by atoms with Crippen molar-refractivity contribution in [2.24, 2.45) is 23.7 Å². The Hall–Kier alpha value is -0.530. The molecule has 0 amide bonds. The Kier molecular flexibility index (Phi) is 13.1. The van der Waals surface area contributed by atoms with Crippen LogP contribution in [0.2, 0.25) is 0 Å². The van der Waals surface area contributed by atoms with Gasteiger partial charge in [0.15, 0.2) is 0 Å². The predicted octanol–water partition coefficient (Wildman–Crippen LogP) is 8.86. The second kappa shape index (κ2) is 15.3. The van der Waals surface area contributed by atoms with Crippen LogP contribution in [0.15, 0.2) is 0 Å². The fourth-order valence-electron chi connectivity index (χ4n) is 6.02. The average Bonchev–Trinajstić information content (AvgIpc) is 2.77. The Morgan fingerprint density at radius 2 is 1.27 bits per heavy atom. The molecule has 0 spiro atoms. The minimum Gasteiger partial charge on any atom is -0.462 e. The highest BCUT2D eigenvalue weighted by molar-refractivity contribution is 5.72. The first-order valence-corrected chi connectivity index (χ1v) is 13.8. The van der Waals surface area contributed by atoms with E-state index < -0.39 is 0 Å². The molecule has 0 heterocycles. The first-order chi connectivity index (χ1) is 14.6. The maximum atomic E-state index is 12.6. The lowest BCUT2D eigenvalue weighted by Gasteiger charge is -2.37. The Morgan fingerprint density at radius 3 is 1.87 bits per heavy atom. The van der Waals surface area contributed by atoms with E-state index >= 15 is 0 Å². The molecule has 2 aliphatic carbocycles. The van der Waals surface area contributed by atoms with Crippen LogP contribution >= 0.6 is 0 Å². The molecule has 176 valence electrons. The first kappa shape index (κ1) is 25.7. The van der Waals surface area contributed by atoms with E-state index in [0.717, 1.165) is 37.0 Å². The lowest BCUT2D eigenvalue weighted by Crippen LogP contribution is -2.30. The van der Waals surface area contributed by atoms with Gasteiger partial charge in [0, 0.05) is 0 Å². The Bertz CT molecular complexity index is 430. The maximum Gasteiger partial charge on any atom is 0.309 e. The number of hydrogen-bond acceptors (Lipinski definition) is 2. The van der Waals surface area contributed by atoms with Crippen molar-refractivity contribution in [1.82, 2.24) is 0 Å². The fraction of sp³-hybridized carbons (Fsp3) is 0.964. The quantitative estimate of drug-likeness (QED) is 0.207. The number of ether oxygens (including phenoxy) is 1. The molecule has 2 nitrogen and oxygen atoms in total. The van der Waals surface area contributed by atoms with Crippen LogP contribution in [0.1, 0.15) is 143 Å². The van der Waals surface area contributed by atoms with Crippen LogP contribution in [0.4, 0.5) is 0 Å². The summed E-state index contributed by atoms with van der Waals surface area (Å²) in [6.45, 7) is 6.62. The predicted molar refractivity (Wildman–Crippen MR) is 129 cm³/mol. The zero-order valence-corrected chi connectivity index (χ0v) is 20.6. The van der Waals surface area contributed by atoms with Gasteiger partial charge in [0.05, 0.1) is 12.0 Å². The summed E-state index contributed by atoms with van der Waals surface area (Å²) >= 11 is 0. The van der Waals surface area contributed by atoms with Gasteiger partial charge in [0.25, 0.3) is 0 Å². The van der Waals surface area contributed by atoms with E-state index in [-0.39, 0.29) is 18.0 Å². The van der Waals surface area contributed by atoms with Crippen LogP contribution in [0.3, 0.4) is 0 Å². The lowest BCUT2D eigenvalue weighted by atomic mass is 9.68. The van der Waals surface area contributed by atoms with E-state index in [0.29, 0.717) is 0 Å². The zero-order chi connectivity index (χ0) is 21.6. The van der Waals surface area contributed by atoms with E-state index in [9.17, 15) is 4.79 Å². The molecule has 30 heavy (non-hydrogen) atoms. The Balaban J connectivity index is 1.56. The van der Waals surface area contributed by atoms with Gasteiger partial charge < -0.3 is 4.74 Å². The van der Waals surface area contributed by atoms with Crippen molar-refractivity contribution in [3.05, 3.63) is 0 Å². The van der Waals surface area contributed by atoms with Gasteiger partial charge in [-0.1, -0.05) is 84.5 Å². The van der Waals surface area contributed by atoms with Gasteiger partial charge in [-0.3, -0.25) is 4.79 Å². The Morgan fingerprint density at radius 1 is 0.733 bits per heavy atom. The smallest absolute Gasteiger partial charge is 0.309 e. The first-order valence-electron chi connectivity index (χ1n) is 13.8. The second-order valence-corrected chi connectivity index (χ2v) is 10.7. The van der Waals surface area contributed by atoms with Crippen molar-refractivity contribution in [3.63, 3.8) is 0 Å². The summed E-state index contributed by atoms with van der Waals surface area (Å²) in [6.07, 6.45) is 25.3. The maximum absolute atomic E-state index is 12.6. The number of rotatable bonds is 14. The van der Waals surface area contributed by atoms with Crippen molar-refractivity contribution >= 4 is 5.97 Å². The molecule has 0 aromatic rings. The van der Waals surface area contributed by atoms with Gasteiger partial charge >= 0.3 is 5.97 Å². The highest BCUT2D eigenvalue weighted by atomic mass is 16.5. The molecule has 0 aliphatic heterocycles. The molecule has 0 N–H and O–H groups in total. The van der Waals surface area contributed by atoms with E-state index in [1.807, 2.05) is 0 Å². The van der Waals surface area contributed by atoms with E-state index in [1.54, 1.807) is 0 Å². The number of carbonyl (C=O) groups excluding carboxylic acids is 1. The molecule has 1 atom stereocenters. The lowest BCUT2D eigenvalue weighted by molar-refractivity contribution is -0.155. The minimum atomic E-state index is 0.100. The topological polar surface area (TPSA) is 26.3 Å². The normalized spacial score (nSPS) is 28.2. The van der Waals surface area contributed by atoms with Gasteiger partial charge in [-0.05, 0) is 76.0 Å². The van der Waals surface area contributed by atoms with Crippen molar-refractivity contribution in [2.45, 2.75) is 149 Å². The van der Waals surface area contributed by atoms with Crippen molar-refractivity contribution in [2.75, 3.05) is 0 Å². The molecule has 2 rings (SSSR count). The van der Waals surface area contributed by atoms with E-state index in [4.69, 9.17) is 4.74 Å². The van der Waals surface area contributed by atoms with Gasteiger partial charge in [0.2, 0.25) is 0 Å². The van der Waals surface area contributed by atoms with Crippen molar-refractivity contribution in [1.29, 1.82) is 0 Å². The molecule has 0 saturated heterocycles. The highest BCUT2D eigenvalue weighted by Gasteiger charge is 2.33. The molecule has 2 saturated carbocycles. The molecular formula is C28H52O2. The van der Waals surface area contributed by atoms with Gasteiger partial charge in [-0.2, -0.15) is 0 Å². The molecule has 0 radical (unpaired) electrons. The largest absolute Gasteiger partial charge is 0.462 e. The zero-order valence-electron chi connectivity index (χ0n) is 20.6. The number of carbonyl (C=O) groups is 1. The molecule has 2 heteroatoms. The summed E-state index contributed by atoms with van der Waals surface area (Å²) in [6, 6.07) is 0. The summed E-state index contributed by atoms with van der Waals surface area (Å²) < 4.78 is 5.79. The van der Waals surface area contributed by atoms with Crippen LogP contribution in [0.25, 0.3) is 0 Å². The molecule has 0 unspecified atom stereocenters. The summed E-state index contributed by atoms with van der Waals surface area (Å²) in [5, 5.41) is 0. The Labute approximate surface area is 188 Å². The minimum absolute atomic E-state index is 0.100. The van der Waals surface area contributed by atoms with Crippen molar-refractivity contribution < 1.29 is 9.53 Å². The number of unbranched alkanes of at least 4 members (excludes halogenated alkanes) is 7. The summed E-state index contributed by atoms with van der Waals surface area (Å²) in [5.74, 6) is 3.11. The SMILES string of the molecule is CCCCCCCC1CCC(C2CCC(C(=O)O[C@@H](C)CCCCCC)CC2)CC1. The monoisotopic (exact) mass is 420 g/mol. The second-order valence-electron chi connectivity index (χ2n) is 10.7. The molecular weight excluding hydrogens is 368 g/mol. The molecule has 0 aromatic heterocycles. The van der Waals surface area contributed by atoms with Crippen LogP contribution in [-0.4, -0.2) is 12.1 Å². The van der Waals surface area contributed by atoms with Gasteiger partial charge in [0.1, 0.15) is 0 Å². The third-order valence-corrected chi connectivity index (χ3v) is 8.16. The molecule has 2 fully saturated rings. The molecule has 0 bridgehead atoms. The van der Waals surface area contributed by atoms with E-state index in [1.165, 1.54) is 103 Å². The number of esters is 1. The average molecular weight is 421 g/mol. The summed E-state index contributed by atoms with van der Waals surface area (Å²) in [7, 11) is 0. The number of hydrogen-bond donors (Lipinski definition) is 0. The van der Waals surface area contributed by atoms with E-state index in [2.05, 4.69) is 20.8 Å². The van der Waals surface area contributed by atoms with Crippen LogP contribution in [0.5, 0.6) is 0 Å². The van der Waals surface area contributed by atoms with Gasteiger partial charge in [-0.25, -0.2) is 0 Å². The van der Waals surface area contributed by atoms with Crippen LogP contribution < -0.4 is 0 Å².